The van der Waals surface area contributed by atoms with Crippen LogP contribution >= 0.6 is 35.3 Å². The molecule has 2 fully saturated rings. The highest BCUT2D eigenvalue weighted by atomic mass is 127. The number of guanidine groups is 1. The van der Waals surface area contributed by atoms with Crippen LogP contribution in [0.25, 0.3) is 0 Å². The van der Waals surface area contributed by atoms with Crippen LogP contribution in [0.4, 0.5) is 5.00 Å². The number of aliphatic imine (C=N–C) groups is 1. The zero-order valence-corrected chi connectivity index (χ0v) is 21.3. The Bertz CT molecular complexity index is 566. The van der Waals surface area contributed by atoms with Gasteiger partial charge in [0.15, 0.2) is 5.96 Å². The molecule has 0 bridgehead atoms. The van der Waals surface area contributed by atoms with Crippen molar-refractivity contribution in [2.45, 2.75) is 38.6 Å². The van der Waals surface area contributed by atoms with E-state index in [1.54, 1.807) is 0 Å². The molecular weight excluding hydrogens is 495 g/mol. The molecule has 3 rings (SSSR count). The summed E-state index contributed by atoms with van der Waals surface area (Å²) in [5.41, 5.74) is 0. The number of unbranched alkanes of at least 4 members (excludes halogenated alkanes) is 1. The molecule has 2 aliphatic rings. The number of hydrogen-bond donors (Lipinski definition) is 2. The largest absolute Gasteiger partial charge is 0.363 e. The van der Waals surface area contributed by atoms with Gasteiger partial charge in [0.1, 0.15) is 0 Å². The SMILES string of the molecule is CCNC(=NCCCCN1CCN(C)CC1)NC1CCN(c2cccs2)CC1.I. The minimum absolute atomic E-state index is 0. The Balaban J connectivity index is 0.00000300. The fourth-order valence-electron chi connectivity index (χ4n) is 3.92. The molecule has 0 aliphatic carbocycles. The van der Waals surface area contributed by atoms with Crippen LogP contribution in [0.5, 0.6) is 0 Å². The van der Waals surface area contributed by atoms with Crippen LogP contribution in [0, 0.1) is 0 Å². The molecule has 0 spiro atoms. The lowest BCUT2D eigenvalue weighted by Gasteiger charge is -2.33. The van der Waals surface area contributed by atoms with Crippen LogP contribution in [0.15, 0.2) is 22.5 Å². The summed E-state index contributed by atoms with van der Waals surface area (Å²) in [6.45, 7) is 12.3. The third-order valence-corrected chi connectivity index (χ3v) is 6.68. The van der Waals surface area contributed by atoms with Crippen molar-refractivity contribution in [3.05, 3.63) is 17.5 Å². The number of nitrogens with zero attached hydrogens (tertiary/aromatic N) is 4. The van der Waals surface area contributed by atoms with Crippen molar-refractivity contribution in [2.75, 3.05) is 70.9 Å². The topological polar surface area (TPSA) is 46.1 Å². The summed E-state index contributed by atoms with van der Waals surface area (Å²) in [7, 11) is 2.22. The molecule has 0 aromatic carbocycles. The van der Waals surface area contributed by atoms with Gasteiger partial charge in [0.25, 0.3) is 0 Å². The number of hydrogen-bond acceptors (Lipinski definition) is 5. The van der Waals surface area contributed by atoms with Gasteiger partial charge in [-0.05, 0) is 63.7 Å². The summed E-state index contributed by atoms with van der Waals surface area (Å²) in [4.78, 5) is 12.3. The minimum atomic E-state index is 0. The monoisotopic (exact) mass is 534 g/mol. The number of piperidine rings is 1. The van der Waals surface area contributed by atoms with E-state index < -0.39 is 0 Å². The number of anilines is 1. The number of rotatable bonds is 8. The Labute approximate surface area is 198 Å². The fourth-order valence-corrected chi connectivity index (χ4v) is 4.70. The van der Waals surface area contributed by atoms with Crippen molar-refractivity contribution in [1.82, 2.24) is 20.4 Å². The van der Waals surface area contributed by atoms with Crippen LogP contribution in [0.2, 0.25) is 0 Å². The first-order chi connectivity index (χ1) is 13.7. The van der Waals surface area contributed by atoms with Gasteiger partial charge in [-0.1, -0.05) is 0 Å². The molecule has 0 amide bonds. The van der Waals surface area contributed by atoms with E-state index in [0.29, 0.717) is 6.04 Å². The van der Waals surface area contributed by atoms with E-state index in [1.165, 1.54) is 63.4 Å². The normalized spacial score (nSPS) is 19.8. The maximum absolute atomic E-state index is 4.83. The van der Waals surface area contributed by atoms with Crippen molar-refractivity contribution in [3.63, 3.8) is 0 Å². The predicted molar refractivity (Wildman–Crippen MR) is 137 cm³/mol. The molecule has 2 N–H and O–H groups in total. The average Bonchev–Trinajstić information content (AvgIpc) is 3.25. The van der Waals surface area contributed by atoms with Crippen LogP contribution in [0.1, 0.15) is 32.6 Å². The standard InChI is InChI=1S/C21H38N6S.HI/c1-3-22-21(23-10-4-5-11-26-16-14-25(2)15-17-26)24-19-8-12-27(13-9-19)20-7-6-18-28-20;/h6-7,18-19H,3-5,8-17H2,1-2H3,(H2,22,23,24);1H. The molecule has 6 nitrogen and oxygen atoms in total. The van der Waals surface area contributed by atoms with E-state index in [2.05, 4.69) is 56.8 Å². The van der Waals surface area contributed by atoms with Gasteiger partial charge in [0, 0.05) is 58.4 Å². The fraction of sp³-hybridized carbons (Fsp3) is 0.762. The van der Waals surface area contributed by atoms with E-state index >= 15 is 0 Å². The van der Waals surface area contributed by atoms with Crippen molar-refractivity contribution >= 4 is 46.3 Å². The molecule has 0 unspecified atom stereocenters. The lowest BCUT2D eigenvalue weighted by Crippen LogP contribution is -2.48. The number of nitrogens with one attached hydrogen (secondary N) is 2. The summed E-state index contributed by atoms with van der Waals surface area (Å²) in [6, 6.07) is 4.90. The van der Waals surface area contributed by atoms with Gasteiger partial charge in [0.2, 0.25) is 0 Å². The van der Waals surface area contributed by atoms with Crippen LogP contribution in [-0.4, -0.2) is 87.8 Å². The highest BCUT2D eigenvalue weighted by Gasteiger charge is 2.20. The maximum Gasteiger partial charge on any atom is 0.191 e. The first kappa shape index (κ1) is 24.7. The van der Waals surface area contributed by atoms with Gasteiger partial charge in [0.05, 0.1) is 5.00 Å². The molecule has 166 valence electrons. The van der Waals surface area contributed by atoms with Crippen LogP contribution in [-0.2, 0) is 0 Å². The van der Waals surface area contributed by atoms with Crippen molar-refractivity contribution < 1.29 is 0 Å². The second kappa shape index (κ2) is 13.7. The second-order valence-electron chi connectivity index (χ2n) is 7.97. The zero-order valence-electron chi connectivity index (χ0n) is 18.1. The van der Waals surface area contributed by atoms with E-state index in [1.807, 2.05) is 11.3 Å². The Morgan fingerprint density at radius 2 is 1.90 bits per heavy atom. The third kappa shape index (κ3) is 8.59. The summed E-state index contributed by atoms with van der Waals surface area (Å²) in [5, 5.41) is 10.7. The molecule has 8 heteroatoms. The highest BCUT2D eigenvalue weighted by molar-refractivity contribution is 14.0. The average molecular weight is 535 g/mol. The summed E-state index contributed by atoms with van der Waals surface area (Å²) in [6.07, 6.45) is 4.75. The van der Waals surface area contributed by atoms with E-state index in [4.69, 9.17) is 4.99 Å². The van der Waals surface area contributed by atoms with Gasteiger partial charge in [-0.2, -0.15) is 0 Å². The molecular formula is C21H39IN6S. The Morgan fingerprint density at radius 3 is 2.55 bits per heavy atom. The molecule has 2 aliphatic heterocycles. The van der Waals surface area contributed by atoms with Gasteiger partial charge in [-0.3, -0.25) is 4.99 Å². The summed E-state index contributed by atoms with van der Waals surface area (Å²) in [5.74, 6) is 0.997. The first-order valence-corrected chi connectivity index (χ1v) is 11.9. The van der Waals surface area contributed by atoms with E-state index in [-0.39, 0.29) is 24.0 Å². The van der Waals surface area contributed by atoms with Gasteiger partial charge >= 0.3 is 0 Å². The summed E-state index contributed by atoms with van der Waals surface area (Å²) >= 11 is 1.84. The molecule has 0 saturated carbocycles. The Morgan fingerprint density at radius 1 is 1.14 bits per heavy atom. The van der Waals surface area contributed by atoms with Crippen LogP contribution in [0.3, 0.4) is 0 Å². The zero-order chi connectivity index (χ0) is 19.6. The molecule has 2 saturated heterocycles. The first-order valence-electron chi connectivity index (χ1n) is 11.0. The lowest BCUT2D eigenvalue weighted by atomic mass is 10.1. The predicted octanol–water partition coefficient (Wildman–Crippen LogP) is 2.92. The van der Waals surface area contributed by atoms with Gasteiger partial charge in [-0.15, -0.1) is 35.3 Å². The van der Waals surface area contributed by atoms with E-state index in [9.17, 15) is 0 Å². The molecule has 29 heavy (non-hydrogen) atoms. The smallest absolute Gasteiger partial charge is 0.191 e. The van der Waals surface area contributed by atoms with E-state index in [0.717, 1.165) is 32.1 Å². The van der Waals surface area contributed by atoms with Gasteiger partial charge < -0.3 is 25.3 Å². The van der Waals surface area contributed by atoms with Crippen molar-refractivity contribution in [3.8, 4) is 0 Å². The van der Waals surface area contributed by atoms with Crippen LogP contribution < -0.4 is 15.5 Å². The maximum atomic E-state index is 4.83. The Hall–Kier alpha value is -0.580. The highest BCUT2D eigenvalue weighted by Crippen LogP contribution is 2.24. The number of piperazine rings is 1. The van der Waals surface area contributed by atoms with Gasteiger partial charge in [-0.25, -0.2) is 0 Å². The molecule has 1 aromatic heterocycles. The quantitative estimate of drug-likeness (QED) is 0.233. The van der Waals surface area contributed by atoms with Crippen molar-refractivity contribution in [1.29, 1.82) is 0 Å². The Kier molecular flexibility index (Phi) is 11.6. The minimum Gasteiger partial charge on any atom is -0.363 e. The lowest BCUT2D eigenvalue weighted by molar-refractivity contribution is 0.152. The number of thiophene rings is 1. The molecule has 0 radical (unpaired) electrons. The molecule has 0 atom stereocenters. The van der Waals surface area contributed by atoms with Crippen molar-refractivity contribution in [2.24, 2.45) is 4.99 Å². The second-order valence-corrected chi connectivity index (χ2v) is 8.90. The molecule has 1 aromatic rings. The number of halogens is 1. The molecule has 3 heterocycles. The summed E-state index contributed by atoms with van der Waals surface area (Å²) < 4.78 is 0. The number of likely N-dealkylation sites (N-methyl/N-ethyl adjacent to an activating group) is 1. The third-order valence-electron chi connectivity index (χ3n) is 5.75.